The van der Waals surface area contributed by atoms with Gasteiger partial charge < -0.3 is 5.32 Å². The molecule has 128 valence electrons. The molecule has 2 rings (SSSR count). The Balaban J connectivity index is 2.11. The molecular weight excluding hydrogens is 312 g/mol. The van der Waals surface area contributed by atoms with Gasteiger partial charge in [-0.25, -0.2) is 8.42 Å². The minimum Gasteiger partial charge on any atom is -0.352 e. The first-order valence-corrected chi connectivity index (χ1v) is 9.67. The van der Waals surface area contributed by atoms with Crippen molar-refractivity contribution in [3.63, 3.8) is 0 Å². The van der Waals surface area contributed by atoms with Crippen molar-refractivity contribution in [3.8, 4) is 0 Å². The highest BCUT2D eigenvalue weighted by molar-refractivity contribution is 7.89. The van der Waals surface area contributed by atoms with E-state index < -0.39 is 16.1 Å². The Hall–Kier alpha value is -1.40. The summed E-state index contributed by atoms with van der Waals surface area (Å²) in [5.41, 5.74) is 0.989. The molecule has 0 bridgehead atoms. The van der Waals surface area contributed by atoms with Crippen LogP contribution in [0.25, 0.3) is 0 Å². The molecule has 0 spiro atoms. The van der Waals surface area contributed by atoms with Crippen LogP contribution in [0.15, 0.2) is 29.2 Å². The molecule has 1 aromatic rings. The Morgan fingerprint density at radius 2 is 1.70 bits per heavy atom. The smallest absolute Gasteiger partial charge is 0.241 e. The molecular formula is C17H26N2O3S. The van der Waals surface area contributed by atoms with Gasteiger partial charge in [-0.1, -0.05) is 44.4 Å². The average molecular weight is 338 g/mol. The zero-order chi connectivity index (χ0) is 17.0. The van der Waals surface area contributed by atoms with Gasteiger partial charge in [-0.2, -0.15) is 4.72 Å². The van der Waals surface area contributed by atoms with E-state index in [0.29, 0.717) is 0 Å². The van der Waals surface area contributed by atoms with Crippen molar-refractivity contribution in [2.75, 3.05) is 0 Å². The number of hydrogen-bond acceptors (Lipinski definition) is 3. The van der Waals surface area contributed by atoms with E-state index in [1.807, 2.05) is 20.8 Å². The van der Waals surface area contributed by atoms with Crippen LogP contribution >= 0.6 is 0 Å². The molecule has 0 heterocycles. The molecule has 1 fully saturated rings. The third-order valence-electron chi connectivity index (χ3n) is 4.26. The lowest BCUT2D eigenvalue weighted by Gasteiger charge is -2.23. The maximum Gasteiger partial charge on any atom is 0.241 e. The Bertz CT molecular complexity index is 632. The zero-order valence-corrected chi connectivity index (χ0v) is 14.8. The Kier molecular flexibility index (Phi) is 5.81. The lowest BCUT2D eigenvalue weighted by Crippen LogP contribution is -2.51. The van der Waals surface area contributed by atoms with Crippen LogP contribution in [0.5, 0.6) is 0 Å². The number of rotatable bonds is 6. The highest BCUT2D eigenvalue weighted by Crippen LogP contribution is 2.19. The maximum atomic E-state index is 12.5. The number of nitrogens with one attached hydrogen (secondary N) is 2. The summed E-state index contributed by atoms with van der Waals surface area (Å²) < 4.78 is 27.6. The minimum atomic E-state index is -3.71. The van der Waals surface area contributed by atoms with Gasteiger partial charge in [0.1, 0.15) is 6.04 Å². The van der Waals surface area contributed by atoms with Gasteiger partial charge in [-0.3, -0.25) is 4.79 Å². The number of sulfonamides is 1. The van der Waals surface area contributed by atoms with Crippen LogP contribution in [0.2, 0.25) is 0 Å². The third kappa shape index (κ3) is 4.78. The predicted octanol–water partition coefficient (Wildman–Crippen LogP) is 2.36. The highest BCUT2D eigenvalue weighted by atomic mass is 32.2. The zero-order valence-electron chi connectivity index (χ0n) is 14.0. The van der Waals surface area contributed by atoms with E-state index in [2.05, 4.69) is 10.0 Å². The van der Waals surface area contributed by atoms with Gasteiger partial charge in [0.25, 0.3) is 0 Å². The second-order valence-corrected chi connectivity index (χ2v) is 8.36. The van der Waals surface area contributed by atoms with Crippen molar-refractivity contribution in [3.05, 3.63) is 29.8 Å². The van der Waals surface area contributed by atoms with E-state index in [-0.39, 0.29) is 22.8 Å². The highest BCUT2D eigenvalue weighted by Gasteiger charge is 2.30. The summed E-state index contributed by atoms with van der Waals surface area (Å²) in [6.45, 7) is 5.59. The summed E-state index contributed by atoms with van der Waals surface area (Å²) in [5, 5.41) is 2.98. The summed E-state index contributed by atoms with van der Waals surface area (Å²) in [4.78, 5) is 12.6. The first-order valence-electron chi connectivity index (χ1n) is 8.19. The maximum absolute atomic E-state index is 12.5. The standard InChI is InChI=1S/C17H26N2O3S/c1-12(2)16(17(20)18-14-6-4-5-7-14)19-23(21,22)15-10-8-13(3)9-11-15/h8-12,14,16,19H,4-7H2,1-3H3,(H,18,20)/t16-/m0/s1. The van der Waals surface area contributed by atoms with Crippen LogP contribution in [0.4, 0.5) is 0 Å². The van der Waals surface area contributed by atoms with Crippen molar-refractivity contribution in [2.45, 2.75) is 63.4 Å². The molecule has 6 heteroatoms. The molecule has 2 N–H and O–H groups in total. The van der Waals surface area contributed by atoms with Crippen molar-refractivity contribution < 1.29 is 13.2 Å². The fourth-order valence-electron chi connectivity index (χ4n) is 2.81. The van der Waals surface area contributed by atoms with Gasteiger partial charge in [-0.05, 0) is 37.8 Å². The van der Waals surface area contributed by atoms with Gasteiger partial charge in [0, 0.05) is 6.04 Å². The van der Waals surface area contributed by atoms with Gasteiger partial charge >= 0.3 is 0 Å². The summed E-state index contributed by atoms with van der Waals surface area (Å²) in [6, 6.07) is 6.03. The Morgan fingerprint density at radius 1 is 1.13 bits per heavy atom. The third-order valence-corrected chi connectivity index (χ3v) is 5.72. The van der Waals surface area contributed by atoms with Crippen molar-refractivity contribution in [1.29, 1.82) is 0 Å². The van der Waals surface area contributed by atoms with Crippen LogP contribution in [0.3, 0.4) is 0 Å². The topological polar surface area (TPSA) is 75.3 Å². The molecule has 1 saturated carbocycles. The van der Waals surface area contributed by atoms with Gasteiger partial charge in [0.15, 0.2) is 0 Å². The molecule has 0 aliphatic heterocycles. The number of amides is 1. The fraction of sp³-hybridized carbons (Fsp3) is 0.588. The average Bonchev–Trinajstić information content (AvgIpc) is 2.98. The molecule has 23 heavy (non-hydrogen) atoms. The largest absolute Gasteiger partial charge is 0.352 e. The molecule has 0 unspecified atom stereocenters. The summed E-state index contributed by atoms with van der Waals surface area (Å²) in [5.74, 6) is -0.362. The second kappa shape index (κ2) is 7.45. The monoisotopic (exact) mass is 338 g/mol. The Labute approximate surface area is 138 Å². The molecule has 1 aliphatic rings. The Morgan fingerprint density at radius 3 is 2.22 bits per heavy atom. The van der Waals surface area contributed by atoms with E-state index in [9.17, 15) is 13.2 Å². The number of hydrogen-bond donors (Lipinski definition) is 2. The summed E-state index contributed by atoms with van der Waals surface area (Å²) in [7, 11) is -3.71. The quantitative estimate of drug-likeness (QED) is 0.836. The molecule has 0 aromatic heterocycles. The molecule has 1 atom stereocenters. The first kappa shape index (κ1) is 17.9. The molecule has 1 aliphatic carbocycles. The normalized spacial score (nSPS) is 17.4. The fourth-order valence-corrected chi connectivity index (χ4v) is 4.15. The SMILES string of the molecule is Cc1ccc(S(=O)(=O)N[C@H](C(=O)NC2CCCC2)C(C)C)cc1. The number of carbonyl (C=O) groups excluding carboxylic acids is 1. The molecule has 1 aromatic carbocycles. The van der Waals surface area contributed by atoms with Crippen LogP contribution in [0.1, 0.15) is 45.1 Å². The number of carbonyl (C=O) groups is 1. The number of benzene rings is 1. The van der Waals surface area contributed by atoms with Crippen molar-refractivity contribution in [2.24, 2.45) is 5.92 Å². The van der Waals surface area contributed by atoms with Crippen molar-refractivity contribution >= 4 is 15.9 Å². The van der Waals surface area contributed by atoms with Crippen LogP contribution in [-0.4, -0.2) is 26.4 Å². The lowest BCUT2D eigenvalue weighted by atomic mass is 10.0. The van der Waals surface area contributed by atoms with Gasteiger partial charge in [0.05, 0.1) is 4.90 Å². The summed E-state index contributed by atoms with van der Waals surface area (Å²) in [6.07, 6.45) is 4.18. The predicted molar refractivity (Wildman–Crippen MR) is 90.5 cm³/mol. The van der Waals surface area contributed by atoms with Gasteiger partial charge in [-0.15, -0.1) is 0 Å². The molecule has 5 nitrogen and oxygen atoms in total. The van der Waals surface area contributed by atoms with E-state index >= 15 is 0 Å². The van der Waals surface area contributed by atoms with Crippen molar-refractivity contribution in [1.82, 2.24) is 10.0 Å². The van der Waals surface area contributed by atoms with Crippen LogP contribution in [-0.2, 0) is 14.8 Å². The van der Waals surface area contributed by atoms with E-state index in [1.165, 1.54) is 0 Å². The van der Waals surface area contributed by atoms with Gasteiger partial charge in [0.2, 0.25) is 15.9 Å². The van der Waals surface area contributed by atoms with E-state index in [0.717, 1.165) is 31.2 Å². The van der Waals surface area contributed by atoms with E-state index in [1.54, 1.807) is 24.3 Å². The first-order chi connectivity index (χ1) is 10.8. The molecule has 0 radical (unpaired) electrons. The summed E-state index contributed by atoms with van der Waals surface area (Å²) >= 11 is 0. The second-order valence-electron chi connectivity index (χ2n) is 6.65. The van der Waals surface area contributed by atoms with E-state index in [4.69, 9.17) is 0 Å². The molecule has 0 saturated heterocycles. The lowest BCUT2D eigenvalue weighted by molar-refractivity contribution is -0.124. The van der Waals surface area contributed by atoms with Crippen LogP contribution in [0, 0.1) is 12.8 Å². The van der Waals surface area contributed by atoms with Crippen LogP contribution < -0.4 is 10.0 Å². The molecule has 1 amide bonds. The minimum absolute atomic E-state index is 0.128. The number of aryl methyl sites for hydroxylation is 1.